The lowest BCUT2D eigenvalue weighted by atomic mass is 10.2. The van der Waals surface area contributed by atoms with Gasteiger partial charge in [-0.2, -0.15) is 0 Å². The van der Waals surface area contributed by atoms with Crippen molar-refractivity contribution in [3.8, 4) is 11.5 Å². The summed E-state index contributed by atoms with van der Waals surface area (Å²) in [4.78, 5) is 2.09. The molecular formula is C16H28N2O3. The maximum absolute atomic E-state index is 10.1. The predicted molar refractivity (Wildman–Crippen MR) is 86.2 cm³/mol. The van der Waals surface area contributed by atoms with Crippen molar-refractivity contribution in [2.75, 3.05) is 38.7 Å². The number of likely N-dealkylation sites (N-methyl/N-ethyl adjacent to an activating group) is 1. The zero-order chi connectivity index (χ0) is 15.7. The second kappa shape index (κ2) is 9.47. The quantitative estimate of drug-likeness (QED) is 0.650. The van der Waals surface area contributed by atoms with E-state index in [1.165, 1.54) is 0 Å². The van der Waals surface area contributed by atoms with E-state index in [9.17, 15) is 5.11 Å². The topological polar surface area (TPSA) is 54.0 Å². The SMILES string of the molecule is CCCN(C)CC(O)Nc1ccc(OCC)c(OCC)c1. The van der Waals surface area contributed by atoms with E-state index in [0.29, 0.717) is 25.5 Å². The first kappa shape index (κ1) is 17.6. The van der Waals surface area contributed by atoms with Gasteiger partial charge in [0.1, 0.15) is 6.23 Å². The van der Waals surface area contributed by atoms with Gasteiger partial charge in [-0.3, -0.25) is 0 Å². The molecule has 5 heteroatoms. The molecule has 120 valence electrons. The van der Waals surface area contributed by atoms with Crippen molar-refractivity contribution in [1.29, 1.82) is 0 Å². The molecule has 0 aliphatic heterocycles. The molecule has 2 N–H and O–H groups in total. The molecule has 0 heterocycles. The average molecular weight is 296 g/mol. The first-order valence-corrected chi connectivity index (χ1v) is 7.63. The molecule has 0 aliphatic carbocycles. The molecule has 1 rings (SSSR count). The highest BCUT2D eigenvalue weighted by molar-refractivity contribution is 5.55. The molecule has 0 bridgehead atoms. The maximum atomic E-state index is 10.1. The smallest absolute Gasteiger partial charge is 0.163 e. The fraction of sp³-hybridized carbons (Fsp3) is 0.625. The lowest BCUT2D eigenvalue weighted by Crippen LogP contribution is -2.34. The molecule has 0 fully saturated rings. The Hall–Kier alpha value is -1.46. The van der Waals surface area contributed by atoms with Crippen LogP contribution in [0.3, 0.4) is 0 Å². The van der Waals surface area contributed by atoms with Crippen LogP contribution < -0.4 is 14.8 Å². The Balaban J connectivity index is 2.68. The van der Waals surface area contributed by atoms with E-state index in [1.807, 2.05) is 39.1 Å². The van der Waals surface area contributed by atoms with Gasteiger partial charge in [0.2, 0.25) is 0 Å². The highest BCUT2D eigenvalue weighted by Crippen LogP contribution is 2.30. The van der Waals surface area contributed by atoms with Crippen LogP contribution in [0.5, 0.6) is 11.5 Å². The highest BCUT2D eigenvalue weighted by Gasteiger charge is 2.10. The monoisotopic (exact) mass is 296 g/mol. The minimum atomic E-state index is -0.617. The summed E-state index contributed by atoms with van der Waals surface area (Å²) in [5.74, 6) is 1.42. The highest BCUT2D eigenvalue weighted by atomic mass is 16.5. The number of hydrogen-bond acceptors (Lipinski definition) is 5. The fourth-order valence-electron chi connectivity index (χ4n) is 2.15. The number of nitrogens with zero attached hydrogens (tertiary/aromatic N) is 1. The zero-order valence-corrected chi connectivity index (χ0v) is 13.6. The van der Waals surface area contributed by atoms with Crippen LogP contribution in [0, 0.1) is 0 Å². The van der Waals surface area contributed by atoms with Crippen LogP contribution in [0.1, 0.15) is 27.2 Å². The van der Waals surface area contributed by atoms with E-state index in [1.54, 1.807) is 0 Å². The van der Waals surface area contributed by atoms with Crippen LogP contribution in [0.25, 0.3) is 0 Å². The van der Waals surface area contributed by atoms with Gasteiger partial charge in [0.25, 0.3) is 0 Å². The number of anilines is 1. The fourth-order valence-corrected chi connectivity index (χ4v) is 2.15. The normalized spacial score (nSPS) is 12.3. The van der Waals surface area contributed by atoms with Crippen LogP contribution in [-0.4, -0.2) is 49.6 Å². The molecule has 0 radical (unpaired) electrons. The predicted octanol–water partition coefficient (Wildman–Crippen LogP) is 2.56. The minimum absolute atomic E-state index is 0.574. The molecule has 0 aromatic heterocycles. The second-order valence-corrected chi connectivity index (χ2v) is 4.95. The van der Waals surface area contributed by atoms with Crippen molar-refractivity contribution in [3.63, 3.8) is 0 Å². The number of benzene rings is 1. The Kier molecular flexibility index (Phi) is 7.93. The van der Waals surface area contributed by atoms with Gasteiger partial charge in [0.05, 0.1) is 13.2 Å². The molecule has 1 aromatic rings. The maximum Gasteiger partial charge on any atom is 0.163 e. The summed E-state index contributed by atoms with van der Waals surface area (Å²) in [6.07, 6.45) is 0.454. The first-order valence-electron chi connectivity index (χ1n) is 7.63. The molecule has 21 heavy (non-hydrogen) atoms. The number of aliphatic hydroxyl groups is 1. The zero-order valence-electron chi connectivity index (χ0n) is 13.6. The average Bonchev–Trinajstić information content (AvgIpc) is 2.42. The Morgan fingerprint density at radius 1 is 1.14 bits per heavy atom. The van der Waals surface area contributed by atoms with Gasteiger partial charge in [-0.1, -0.05) is 6.92 Å². The van der Waals surface area contributed by atoms with Gasteiger partial charge in [-0.05, 0) is 46.0 Å². The first-order chi connectivity index (χ1) is 10.1. The molecule has 1 aromatic carbocycles. The third-order valence-corrected chi connectivity index (χ3v) is 2.97. The van der Waals surface area contributed by atoms with Crippen LogP contribution >= 0.6 is 0 Å². The Labute approximate surface area is 127 Å². The van der Waals surface area contributed by atoms with E-state index in [4.69, 9.17) is 9.47 Å². The third kappa shape index (κ3) is 6.23. The van der Waals surface area contributed by atoms with Gasteiger partial charge in [0, 0.05) is 18.3 Å². The lowest BCUT2D eigenvalue weighted by Gasteiger charge is -2.22. The van der Waals surface area contributed by atoms with Crippen molar-refractivity contribution < 1.29 is 14.6 Å². The van der Waals surface area contributed by atoms with Gasteiger partial charge < -0.3 is 24.8 Å². The summed E-state index contributed by atoms with van der Waals surface area (Å²) < 4.78 is 11.1. The standard InChI is InChI=1S/C16H28N2O3/c1-5-10-18(4)12-16(19)17-13-8-9-14(20-6-2)15(11-13)21-7-3/h8-9,11,16-17,19H,5-7,10,12H2,1-4H3. The molecule has 0 spiro atoms. The number of rotatable bonds is 10. The molecule has 1 unspecified atom stereocenters. The van der Waals surface area contributed by atoms with Crippen LogP contribution in [-0.2, 0) is 0 Å². The van der Waals surface area contributed by atoms with Crippen molar-refractivity contribution in [1.82, 2.24) is 4.90 Å². The van der Waals surface area contributed by atoms with Gasteiger partial charge in [-0.15, -0.1) is 0 Å². The van der Waals surface area contributed by atoms with E-state index in [0.717, 1.165) is 24.4 Å². The van der Waals surface area contributed by atoms with Crippen molar-refractivity contribution in [2.24, 2.45) is 0 Å². The summed E-state index contributed by atoms with van der Waals surface area (Å²) in [7, 11) is 2.00. The number of nitrogens with one attached hydrogen (secondary N) is 1. The summed E-state index contributed by atoms with van der Waals surface area (Å²) in [5, 5.41) is 13.1. The molecule has 0 amide bonds. The summed E-state index contributed by atoms with van der Waals surface area (Å²) in [6, 6.07) is 5.60. The second-order valence-electron chi connectivity index (χ2n) is 4.95. The Morgan fingerprint density at radius 3 is 2.43 bits per heavy atom. The van der Waals surface area contributed by atoms with E-state index in [2.05, 4.69) is 17.1 Å². The molecule has 0 saturated carbocycles. The molecular weight excluding hydrogens is 268 g/mol. The van der Waals surface area contributed by atoms with Crippen molar-refractivity contribution in [3.05, 3.63) is 18.2 Å². The van der Waals surface area contributed by atoms with E-state index in [-0.39, 0.29) is 0 Å². The molecule has 1 atom stereocenters. The summed E-state index contributed by atoms with van der Waals surface area (Å²) in [6.45, 7) is 8.70. The molecule has 5 nitrogen and oxygen atoms in total. The lowest BCUT2D eigenvalue weighted by molar-refractivity contribution is 0.148. The number of aliphatic hydroxyl groups excluding tert-OH is 1. The van der Waals surface area contributed by atoms with Crippen LogP contribution in [0.2, 0.25) is 0 Å². The molecule has 0 aliphatic rings. The third-order valence-electron chi connectivity index (χ3n) is 2.97. The summed E-state index contributed by atoms with van der Waals surface area (Å²) >= 11 is 0. The molecule has 0 saturated heterocycles. The number of ether oxygens (including phenoxy) is 2. The Bertz CT molecular complexity index is 413. The summed E-state index contributed by atoms with van der Waals surface area (Å²) in [5.41, 5.74) is 0.819. The van der Waals surface area contributed by atoms with Gasteiger partial charge >= 0.3 is 0 Å². The largest absolute Gasteiger partial charge is 0.490 e. The van der Waals surface area contributed by atoms with Crippen LogP contribution in [0.15, 0.2) is 18.2 Å². The van der Waals surface area contributed by atoms with Crippen molar-refractivity contribution >= 4 is 5.69 Å². The van der Waals surface area contributed by atoms with E-state index >= 15 is 0 Å². The van der Waals surface area contributed by atoms with Crippen molar-refractivity contribution in [2.45, 2.75) is 33.4 Å². The number of hydrogen-bond donors (Lipinski definition) is 2. The Morgan fingerprint density at radius 2 is 1.81 bits per heavy atom. The van der Waals surface area contributed by atoms with Crippen LogP contribution in [0.4, 0.5) is 5.69 Å². The van der Waals surface area contributed by atoms with Gasteiger partial charge in [0.15, 0.2) is 11.5 Å². The van der Waals surface area contributed by atoms with Gasteiger partial charge in [-0.25, -0.2) is 0 Å². The van der Waals surface area contributed by atoms with E-state index < -0.39 is 6.23 Å². The minimum Gasteiger partial charge on any atom is -0.490 e.